The normalized spacial score (nSPS) is 16.8. The topological polar surface area (TPSA) is 33.7 Å². The maximum absolute atomic E-state index is 6.60. The molecule has 0 bridgehead atoms. The number of benzene rings is 2. The molecule has 1 fully saturated rings. The first-order valence-corrected chi connectivity index (χ1v) is 9.51. The molecule has 1 aliphatic rings. The summed E-state index contributed by atoms with van der Waals surface area (Å²) in [5.74, 6) is 1.56. The van der Waals surface area contributed by atoms with E-state index < -0.39 is 0 Å². The van der Waals surface area contributed by atoms with Crippen molar-refractivity contribution in [2.24, 2.45) is 0 Å². The Morgan fingerprint density at radius 1 is 0.962 bits per heavy atom. The van der Waals surface area contributed by atoms with Crippen molar-refractivity contribution < 1.29 is 9.47 Å². The van der Waals surface area contributed by atoms with Gasteiger partial charge >= 0.3 is 0 Å². The molecule has 26 heavy (non-hydrogen) atoms. The van der Waals surface area contributed by atoms with Gasteiger partial charge in [-0.2, -0.15) is 0 Å². The van der Waals surface area contributed by atoms with Crippen molar-refractivity contribution >= 4 is 23.2 Å². The second-order valence-electron chi connectivity index (χ2n) is 6.32. The quantitative estimate of drug-likeness (QED) is 0.814. The Labute approximate surface area is 165 Å². The average molecular weight is 395 g/mol. The smallest absolute Gasteiger partial charge is 0.127 e. The largest absolute Gasteiger partial charge is 0.497 e. The number of ether oxygens (including phenoxy) is 2. The summed E-state index contributed by atoms with van der Waals surface area (Å²) in [6, 6.07) is 11.6. The zero-order valence-corrected chi connectivity index (χ0v) is 16.6. The summed E-state index contributed by atoms with van der Waals surface area (Å²) in [5, 5.41) is 4.76. The van der Waals surface area contributed by atoms with Crippen LogP contribution in [0, 0.1) is 0 Å². The summed E-state index contributed by atoms with van der Waals surface area (Å²) in [6.07, 6.45) is 1.08. The Morgan fingerprint density at radius 3 is 2.50 bits per heavy atom. The van der Waals surface area contributed by atoms with Crippen LogP contribution < -0.4 is 14.8 Å². The van der Waals surface area contributed by atoms with Gasteiger partial charge in [0, 0.05) is 41.3 Å². The molecule has 1 aliphatic heterocycles. The molecule has 0 amide bonds. The highest BCUT2D eigenvalue weighted by Crippen LogP contribution is 2.40. The zero-order valence-electron chi connectivity index (χ0n) is 15.1. The van der Waals surface area contributed by atoms with E-state index in [0.717, 1.165) is 55.2 Å². The molecule has 0 saturated carbocycles. The molecule has 140 valence electrons. The van der Waals surface area contributed by atoms with Gasteiger partial charge in [0.2, 0.25) is 0 Å². The van der Waals surface area contributed by atoms with Crippen LogP contribution in [0.15, 0.2) is 36.4 Å². The fourth-order valence-corrected chi connectivity index (χ4v) is 3.97. The third-order valence-electron chi connectivity index (χ3n) is 4.73. The molecule has 0 radical (unpaired) electrons. The predicted octanol–water partition coefficient (Wildman–Crippen LogP) is 4.40. The molecule has 1 saturated heterocycles. The Hall–Kier alpha value is -1.46. The van der Waals surface area contributed by atoms with Crippen molar-refractivity contribution in [1.29, 1.82) is 0 Å². The second-order valence-corrected chi connectivity index (χ2v) is 7.16. The third kappa shape index (κ3) is 4.26. The number of methoxy groups -OCH3 is 2. The number of nitrogens with zero attached hydrogens (tertiary/aromatic N) is 1. The summed E-state index contributed by atoms with van der Waals surface area (Å²) in [7, 11) is 3.34. The Bertz CT molecular complexity index is 747. The van der Waals surface area contributed by atoms with Gasteiger partial charge in [0.25, 0.3) is 0 Å². The lowest BCUT2D eigenvalue weighted by molar-refractivity contribution is 0.236. The lowest BCUT2D eigenvalue weighted by Crippen LogP contribution is -2.33. The first-order chi connectivity index (χ1) is 12.6. The second kappa shape index (κ2) is 8.96. The van der Waals surface area contributed by atoms with Gasteiger partial charge in [-0.1, -0.05) is 29.3 Å². The molecule has 0 aliphatic carbocycles. The number of hydrogen-bond acceptors (Lipinski definition) is 4. The minimum atomic E-state index is -0.0134. The van der Waals surface area contributed by atoms with Crippen LogP contribution in [0.4, 0.5) is 0 Å². The predicted molar refractivity (Wildman–Crippen MR) is 107 cm³/mol. The number of hydrogen-bond donors (Lipinski definition) is 1. The first-order valence-electron chi connectivity index (χ1n) is 8.75. The van der Waals surface area contributed by atoms with Crippen molar-refractivity contribution in [3.8, 4) is 11.5 Å². The summed E-state index contributed by atoms with van der Waals surface area (Å²) >= 11 is 12.7. The highest BCUT2D eigenvalue weighted by molar-refractivity contribution is 6.35. The van der Waals surface area contributed by atoms with Gasteiger partial charge in [0.1, 0.15) is 11.5 Å². The van der Waals surface area contributed by atoms with Gasteiger partial charge in [-0.3, -0.25) is 4.90 Å². The minimum Gasteiger partial charge on any atom is -0.497 e. The van der Waals surface area contributed by atoms with Gasteiger partial charge in [-0.15, -0.1) is 0 Å². The molecular formula is C20H24Cl2N2O2. The standard InChI is InChI=1S/C20H24Cl2N2O2/c1-25-15-5-7-17(19(13-15)26-2)20(24-10-3-8-23-9-11-24)16-6-4-14(21)12-18(16)22/h4-7,12-13,20,23H,3,8-11H2,1-2H3. The Kier molecular flexibility index (Phi) is 6.65. The Balaban J connectivity index is 2.11. The lowest BCUT2D eigenvalue weighted by Gasteiger charge is -2.33. The minimum absolute atomic E-state index is 0.0134. The monoisotopic (exact) mass is 394 g/mol. The number of nitrogens with one attached hydrogen (secondary N) is 1. The van der Waals surface area contributed by atoms with Gasteiger partial charge < -0.3 is 14.8 Å². The molecule has 1 unspecified atom stereocenters. The van der Waals surface area contributed by atoms with Crippen LogP contribution >= 0.6 is 23.2 Å². The Morgan fingerprint density at radius 2 is 1.77 bits per heavy atom. The van der Waals surface area contributed by atoms with Gasteiger partial charge in [-0.05, 0) is 42.8 Å². The number of rotatable bonds is 5. The van der Waals surface area contributed by atoms with E-state index in [1.807, 2.05) is 24.3 Å². The van der Waals surface area contributed by atoms with E-state index in [1.165, 1.54) is 0 Å². The average Bonchev–Trinajstić information content (AvgIpc) is 2.93. The van der Waals surface area contributed by atoms with Crippen LogP contribution in [0.3, 0.4) is 0 Å². The van der Waals surface area contributed by atoms with Crippen molar-refractivity contribution in [3.63, 3.8) is 0 Å². The van der Waals surface area contributed by atoms with Crippen LogP contribution in [0.1, 0.15) is 23.6 Å². The highest BCUT2D eigenvalue weighted by atomic mass is 35.5. The van der Waals surface area contributed by atoms with E-state index in [2.05, 4.69) is 16.3 Å². The van der Waals surface area contributed by atoms with Gasteiger partial charge in [0.05, 0.1) is 20.3 Å². The van der Waals surface area contributed by atoms with E-state index in [-0.39, 0.29) is 6.04 Å². The molecule has 2 aromatic carbocycles. The van der Waals surface area contributed by atoms with Crippen molar-refractivity contribution in [1.82, 2.24) is 10.2 Å². The van der Waals surface area contributed by atoms with Crippen LogP contribution in [0.5, 0.6) is 11.5 Å². The zero-order chi connectivity index (χ0) is 18.5. The van der Waals surface area contributed by atoms with E-state index in [0.29, 0.717) is 10.0 Å². The van der Waals surface area contributed by atoms with Crippen LogP contribution in [-0.2, 0) is 0 Å². The SMILES string of the molecule is COc1ccc(C(c2ccc(Cl)cc2Cl)N2CCCNCC2)c(OC)c1. The molecule has 4 nitrogen and oxygen atoms in total. The van der Waals surface area contributed by atoms with Crippen LogP contribution in [0.2, 0.25) is 10.0 Å². The maximum atomic E-state index is 6.60. The van der Waals surface area contributed by atoms with Crippen LogP contribution in [0.25, 0.3) is 0 Å². The van der Waals surface area contributed by atoms with E-state index in [1.54, 1.807) is 20.3 Å². The molecule has 1 atom stereocenters. The molecule has 6 heteroatoms. The lowest BCUT2D eigenvalue weighted by atomic mass is 9.95. The van der Waals surface area contributed by atoms with Crippen molar-refractivity contribution in [2.75, 3.05) is 40.4 Å². The number of halogens is 2. The van der Waals surface area contributed by atoms with Crippen LogP contribution in [-0.4, -0.2) is 45.3 Å². The molecule has 1 N–H and O–H groups in total. The third-order valence-corrected chi connectivity index (χ3v) is 5.29. The summed E-state index contributed by atoms with van der Waals surface area (Å²) in [4.78, 5) is 2.44. The highest BCUT2D eigenvalue weighted by Gasteiger charge is 2.28. The fourth-order valence-electron chi connectivity index (χ4n) is 3.45. The summed E-state index contributed by atoms with van der Waals surface area (Å²) < 4.78 is 11.0. The fraction of sp³-hybridized carbons (Fsp3) is 0.400. The van der Waals surface area contributed by atoms with Crippen molar-refractivity contribution in [3.05, 3.63) is 57.6 Å². The van der Waals surface area contributed by atoms with Gasteiger partial charge in [0.15, 0.2) is 0 Å². The van der Waals surface area contributed by atoms with E-state index in [4.69, 9.17) is 32.7 Å². The van der Waals surface area contributed by atoms with Crippen molar-refractivity contribution in [2.45, 2.75) is 12.5 Å². The van der Waals surface area contributed by atoms with E-state index >= 15 is 0 Å². The molecule has 3 rings (SSSR count). The van der Waals surface area contributed by atoms with Gasteiger partial charge in [-0.25, -0.2) is 0 Å². The maximum Gasteiger partial charge on any atom is 0.127 e. The molecule has 0 spiro atoms. The summed E-state index contributed by atoms with van der Waals surface area (Å²) in [5.41, 5.74) is 2.10. The van der Waals surface area contributed by atoms with E-state index in [9.17, 15) is 0 Å². The molecule has 0 aromatic heterocycles. The molecule has 1 heterocycles. The first kappa shape index (κ1) is 19.3. The molecular weight excluding hydrogens is 371 g/mol. The molecule has 2 aromatic rings. The summed E-state index contributed by atoms with van der Waals surface area (Å²) in [6.45, 7) is 3.88.